The molecule has 3 aliphatic heterocycles. The number of piperidine rings is 3. The Morgan fingerprint density at radius 3 is 2.32 bits per heavy atom. The Morgan fingerprint density at radius 1 is 1.03 bits per heavy atom. The molecule has 3 fully saturated rings. The summed E-state index contributed by atoms with van der Waals surface area (Å²) in [4.78, 5) is 4.35. The summed E-state index contributed by atoms with van der Waals surface area (Å²) in [6.07, 6.45) is -5.99. The van der Waals surface area contributed by atoms with E-state index in [2.05, 4.69) is 11.6 Å². The van der Waals surface area contributed by atoms with E-state index in [1.807, 2.05) is 30.3 Å². The van der Waals surface area contributed by atoms with Crippen molar-refractivity contribution in [3.8, 4) is 0 Å². The minimum atomic E-state index is -4.91. The molecule has 0 saturated carbocycles. The van der Waals surface area contributed by atoms with Gasteiger partial charge in [0.2, 0.25) is 0 Å². The van der Waals surface area contributed by atoms with E-state index in [1.165, 1.54) is 0 Å². The maximum absolute atomic E-state index is 13.6. The highest BCUT2D eigenvalue weighted by Gasteiger charge is 2.54. The van der Waals surface area contributed by atoms with Crippen molar-refractivity contribution in [2.24, 2.45) is 11.8 Å². The van der Waals surface area contributed by atoms with Gasteiger partial charge in [0, 0.05) is 35.9 Å². The molecule has 6 rings (SSSR count). The molecule has 3 nitrogen and oxygen atoms in total. The number of aliphatic hydroxyl groups is 1. The summed E-state index contributed by atoms with van der Waals surface area (Å²) in [6, 6.07) is 10.5. The van der Waals surface area contributed by atoms with Crippen LogP contribution >= 0.6 is 0 Å². The summed E-state index contributed by atoms with van der Waals surface area (Å²) in [5.74, 6) is 0.316. The number of para-hydroxylation sites is 1. The number of quaternary nitrogens is 1. The van der Waals surface area contributed by atoms with Crippen molar-refractivity contribution in [3.05, 3.63) is 89.6 Å². The van der Waals surface area contributed by atoms with Gasteiger partial charge in [-0.25, -0.2) is 0 Å². The Kier molecular flexibility index (Phi) is 7.35. The lowest BCUT2D eigenvalue weighted by molar-refractivity contribution is -0.984. The van der Waals surface area contributed by atoms with Crippen LogP contribution in [0.25, 0.3) is 10.9 Å². The predicted molar refractivity (Wildman–Crippen MR) is 127 cm³/mol. The Labute approximate surface area is 215 Å². The van der Waals surface area contributed by atoms with Gasteiger partial charge in [-0.2, -0.15) is 26.3 Å². The van der Waals surface area contributed by atoms with Crippen molar-refractivity contribution < 1.29 is 40.6 Å². The van der Waals surface area contributed by atoms with Crippen LogP contribution in [0.15, 0.2) is 67.4 Å². The smallest absolute Gasteiger partial charge is 0.416 e. The number of fused-ring (bicyclic) bond motifs is 4. The van der Waals surface area contributed by atoms with Gasteiger partial charge in [-0.15, -0.1) is 6.58 Å². The molecule has 4 heterocycles. The Bertz CT molecular complexity index is 1290. The van der Waals surface area contributed by atoms with Gasteiger partial charge in [0.25, 0.3) is 0 Å². The predicted octanol–water partition coefficient (Wildman–Crippen LogP) is 3.92. The van der Waals surface area contributed by atoms with E-state index in [4.69, 9.17) is 0 Å². The van der Waals surface area contributed by atoms with Gasteiger partial charge in [-0.05, 0) is 41.8 Å². The molecule has 2 bridgehead atoms. The molecule has 0 unspecified atom stereocenters. The van der Waals surface area contributed by atoms with E-state index in [1.54, 1.807) is 12.3 Å². The van der Waals surface area contributed by atoms with Crippen molar-refractivity contribution in [1.82, 2.24) is 4.98 Å². The maximum atomic E-state index is 13.6. The number of aliphatic hydroxyl groups excluding tert-OH is 1. The second-order valence-electron chi connectivity index (χ2n) is 10.3. The second kappa shape index (κ2) is 9.96. The van der Waals surface area contributed by atoms with Crippen LogP contribution in [0.2, 0.25) is 0 Å². The number of hydrogen-bond donors (Lipinski definition) is 1. The van der Waals surface area contributed by atoms with Crippen molar-refractivity contribution in [2.75, 3.05) is 13.1 Å². The normalized spacial score (nSPS) is 26.1. The van der Waals surface area contributed by atoms with Crippen molar-refractivity contribution >= 4 is 10.9 Å². The summed E-state index contributed by atoms with van der Waals surface area (Å²) >= 11 is 0. The summed E-state index contributed by atoms with van der Waals surface area (Å²) in [5, 5.41) is 12.5. The van der Waals surface area contributed by atoms with E-state index >= 15 is 0 Å². The molecule has 0 amide bonds. The minimum absolute atomic E-state index is 0. The zero-order valence-electron chi connectivity index (χ0n) is 20.3. The largest absolute Gasteiger partial charge is 1.00 e. The molecule has 3 aliphatic rings. The lowest BCUT2D eigenvalue weighted by Crippen LogP contribution is -3.00. The Balaban J connectivity index is 0.00000336. The zero-order chi connectivity index (χ0) is 26.6. The lowest BCUT2D eigenvalue weighted by atomic mass is 9.71. The van der Waals surface area contributed by atoms with E-state index in [0.29, 0.717) is 30.6 Å². The van der Waals surface area contributed by atoms with Crippen LogP contribution < -0.4 is 4.70 Å². The molecule has 1 aromatic heterocycles. The fraction of sp³-hybridized carbons (Fsp3) is 0.393. The number of aromatic nitrogens is 1. The summed E-state index contributed by atoms with van der Waals surface area (Å²) in [7, 11) is 0. The van der Waals surface area contributed by atoms with Gasteiger partial charge in [-0.3, -0.25) is 4.98 Å². The van der Waals surface area contributed by atoms with E-state index in [-0.39, 0.29) is 39.2 Å². The van der Waals surface area contributed by atoms with E-state index in [9.17, 15) is 31.4 Å². The van der Waals surface area contributed by atoms with Gasteiger partial charge in [0.15, 0.2) is 0 Å². The molecular formula is C28H27F7N2O. The van der Waals surface area contributed by atoms with Crippen molar-refractivity contribution in [2.45, 2.75) is 43.9 Å². The first kappa shape index (κ1) is 28.0. The number of pyridine rings is 1. The minimum Gasteiger partial charge on any atom is -1.00 e. The molecule has 3 aromatic rings. The van der Waals surface area contributed by atoms with Gasteiger partial charge < -0.3 is 14.3 Å². The van der Waals surface area contributed by atoms with Crippen molar-refractivity contribution in [3.63, 3.8) is 0 Å². The van der Waals surface area contributed by atoms with Crippen LogP contribution in [0, 0.1) is 11.8 Å². The molecule has 38 heavy (non-hydrogen) atoms. The maximum Gasteiger partial charge on any atom is 0.416 e. The first-order chi connectivity index (χ1) is 17.4. The molecule has 2 aromatic carbocycles. The standard InChI is InChI=1S/C28H27F6N2O.FH/c1-2-18-16-36(15-17-11-20(27(29,30)31)14-21(12-17)28(32,33)34)10-8-19(18)13-25(36)26(37)23-7-9-35-24-6-4-3-5-22(23)24;/h2-7,9,11-12,14,18-19,25-26,37H,1,8,10,13,15-16H2;1H/q+1;/p-1/t18-,19-,25+,26-,36+;/m0./s1. The molecular weight excluding hydrogens is 513 g/mol. The van der Waals surface area contributed by atoms with E-state index < -0.39 is 35.6 Å². The Morgan fingerprint density at radius 2 is 1.68 bits per heavy atom. The summed E-state index contributed by atoms with van der Waals surface area (Å²) in [5.41, 5.74) is -1.31. The van der Waals surface area contributed by atoms with Gasteiger partial charge >= 0.3 is 12.4 Å². The van der Waals surface area contributed by atoms with Crippen LogP contribution in [-0.4, -0.2) is 33.7 Å². The number of nitrogens with zero attached hydrogens (tertiary/aromatic N) is 2. The second-order valence-corrected chi connectivity index (χ2v) is 10.3. The molecule has 204 valence electrons. The highest BCUT2D eigenvalue weighted by molar-refractivity contribution is 5.82. The van der Waals surface area contributed by atoms with Crippen LogP contribution in [0.5, 0.6) is 0 Å². The number of alkyl halides is 6. The van der Waals surface area contributed by atoms with Gasteiger partial charge in [0.05, 0.1) is 29.7 Å². The fourth-order valence-corrected chi connectivity index (χ4v) is 6.44. The number of benzene rings is 2. The monoisotopic (exact) mass is 540 g/mol. The van der Waals surface area contributed by atoms with E-state index in [0.717, 1.165) is 23.9 Å². The van der Waals surface area contributed by atoms with Gasteiger partial charge in [0.1, 0.15) is 18.7 Å². The summed E-state index contributed by atoms with van der Waals surface area (Å²) in [6.45, 7) is 4.93. The molecule has 10 heteroatoms. The van der Waals surface area contributed by atoms with Crippen LogP contribution in [0.4, 0.5) is 26.3 Å². The third kappa shape index (κ3) is 5.03. The molecule has 3 saturated heterocycles. The highest BCUT2D eigenvalue weighted by atomic mass is 19.4. The molecule has 5 atom stereocenters. The van der Waals surface area contributed by atoms with Crippen molar-refractivity contribution in [1.29, 1.82) is 0 Å². The topological polar surface area (TPSA) is 33.1 Å². The molecule has 1 N–H and O–H groups in total. The van der Waals surface area contributed by atoms with Crippen LogP contribution in [0.3, 0.4) is 0 Å². The van der Waals surface area contributed by atoms with Gasteiger partial charge in [-0.1, -0.05) is 24.3 Å². The number of halogens is 7. The first-order valence-electron chi connectivity index (χ1n) is 12.2. The number of hydrogen-bond acceptors (Lipinski definition) is 2. The fourth-order valence-electron chi connectivity index (χ4n) is 6.44. The Hall–Kier alpha value is -2.98. The molecule has 0 aliphatic carbocycles. The lowest BCUT2D eigenvalue weighted by Gasteiger charge is -2.58. The van der Waals surface area contributed by atoms with Crippen LogP contribution in [0.1, 0.15) is 41.2 Å². The highest BCUT2D eigenvalue weighted by Crippen LogP contribution is 2.48. The molecule has 0 radical (unpaired) electrons. The number of rotatable bonds is 5. The average Bonchev–Trinajstić information content (AvgIpc) is 2.86. The zero-order valence-corrected chi connectivity index (χ0v) is 20.3. The summed E-state index contributed by atoms with van der Waals surface area (Å²) < 4.78 is 81.6. The van der Waals surface area contributed by atoms with Crippen LogP contribution in [-0.2, 0) is 18.9 Å². The average molecular weight is 541 g/mol. The first-order valence-corrected chi connectivity index (χ1v) is 12.2. The quantitative estimate of drug-likeness (QED) is 0.303. The SMILES string of the molecule is C=C[C@H]1C[N@+]2(Cc3cc(C(F)(F)F)cc(C(F)(F)F)c3)CC[C@H]1C[C@@H]2[C@@H](O)c1ccnc2ccccc12.[F-]. The molecule has 0 spiro atoms. The third-order valence-corrected chi connectivity index (χ3v) is 8.19. The third-order valence-electron chi connectivity index (χ3n) is 8.19.